The summed E-state index contributed by atoms with van der Waals surface area (Å²) in [6.07, 6.45) is 1.19. The molecule has 2 heterocycles. The number of nitrogen functional groups attached to an aromatic ring is 1. The van der Waals surface area contributed by atoms with Crippen molar-refractivity contribution in [2.24, 2.45) is 0 Å². The molecule has 4 aromatic rings. The topological polar surface area (TPSA) is 135 Å². The third kappa shape index (κ3) is 4.74. The van der Waals surface area contributed by atoms with E-state index in [9.17, 15) is 14.9 Å². The molecule has 0 spiro atoms. The van der Waals surface area contributed by atoms with Crippen molar-refractivity contribution in [3.63, 3.8) is 0 Å². The molecule has 0 atom stereocenters. The minimum Gasteiger partial charge on any atom is -0.382 e. The Morgan fingerprint density at radius 1 is 1.18 bits per heavy atom. The van der Waals surface area contributed by atoms with Crippen LogP contribution in [0.4, 0.5) is 5.82 Å². The first-order valence-electron chi connectivity index (χ1n) is 10.8. The second kappa shape index (κ2) is 10.1. The second-order valence-corrected chi connectivity index (χ2v) is 8.09. The summed E-state index contributed by atoms with van der Waals surface area (Å²) in [6, 6.07) is 18.6. The maximum atomic E-state index is 12.7. The van der Waals surface area contributed by atoms with Gasteiger partial charge in [-0.1, -0.05) is 30.3 Å². The van der Waals surface area contributed by atoms with Gasteiger partial charge in [0.15, 0.2) is 4.77 Å². The Morgan fingerprint density at radius 3 is 2.68 bits per heavy atom. The lowest BCUT2D eigenvalue weighted by molar-refractivity contribution is -0.121. The number of aryl methyl sites for hydroxylation is 1. The molecule has 0 saturated heterocycles. The van der Waals surface area contributed by atoms with Crippen LogP contribution in [0, 0.1) is 16.1 Å². The lowest BCUT2D eigenvalue weighted by atomic mass is 10.1. The number of benzene rings is 2. The number of para-hydroxylation sites is 2. The second-order valence-electron chi connectivity index (χ2n) is 7.70. The van der Waals surface area contributed by atoms with Crippen molar-refractivity contribution in [3.05, 3.63) is 81.0 Å². The first-order chi connectivity index (χ1) is 16.5. The number of rotatable bonds is 8. The van der Waals surface area contributed by atoms with E-state index in [2.05, 4.69) is 21.5 Å². The molecular weight excluding hydrogens is 450 g/mol. The zero-order valence-electron chi connectivity index (χ0n) is 18.3. The van der Waals surface area contributed by atoms with E-state index >= 15 is 0 Å². The number of nitriles is 1. The molecule has 0 aliphatic rings. The van der Waals surface area contributed by atoms with Crippen molar-refractivity contribution in [3.8, 4) is 11.8 Å². The van der Waals surface area contributed by atoms with Crippen molar-refractivity contribution in [2.75, 3.05) is 12.3 Å². The van der Waals surface area contributed by atoms with Crippen LogP contribution in [0.25, 0.3) is 16.6 Å². The largest absolute Gasteiger partial charge is 0.382 e. The van der Waals surface area contributed by atoms with E-state index < -0.39 is 0 Å². The maximum absolute atomic E-state index is 12.7. The molecule has 4 rings (SSSR count). The molecule has 2 aromatic heterocycles. The zero-order valence-corrected chi connectivity index (χ0v) is 19.1. The monoisotopic (exact) mass is 473 g/mol. The Labute approximate surface area is 200 Å². The number of hydrogen-bond donors (Lipinski definition) is 3. The van der Waals surface area contributed by atoms with Crippen molar-refractivity contribution in [1.29, 1.82) is 5.26 Å². The van der Waals surface area contributed by atoms with E-state index in [0.29, 0.717) is 47.4 Å². The number of nitrogens with one attached hydrogen (secondary N) is 2. The Kier molecular flexibility index (Phi) is 6.85. The fourth-order valence-electron chi connectivity index (χ4n) is 3.73. The number of fused-ring (bicyclic) bond motifs is 1. The van der Waals surface area contributed by atoms with Gasteiger partial charge in [-0.25, -0.2) is 4.68 Å². The van der Waals surface area contributed by atoms with E-state index in [1.807, 2.05) is 36.4 Å². The normalized spacial score (nSPS) is 10.8. The van der Waals surface area contributed by atoms with Gasteiger partial charge < -0.3 is 16.0 Å². The van der Waals surface area contributed by atoms with Crippen LogP contribution in [0.3, 0.4) is 0 Å². The Balaban J connectivity index is 1.33. The number of H-pyrrole nitrogens is 1. The zero-order chi connectivity index (χ0) is 24.1. The average Bonchev–Trinajstić information content (AvgIpc) is 3.17. The summed E-state index contributed by atoms with van der Waals surface area (Å²) in [7, 11) is 0. The third-order valence-corrected chi connectivity index (χ3v) is 5.79. The fourth-order valence-corrected chi connectivity index (χ4v) is 4.01. The van der Waals surface area contributed by atoms with Gasteiger partial charge in [0, 0.05) is 19.5 Å². The SMILES string of the molecule is N#Cc1c(CCCNC(=O)CCn2c(=S)[nH]c3ccccc3c2=O)nn(-c2ccccc2)c1N. The highest BCUT2D eigenvalue weighted by molar-refractivity contribution is 7.71. The molecule has 0 unspecified atom stereocenters. The van der Waals surface area contributed by atoms with Gasteiger partial charge in [-0.2, -0.15) is 10.4 Å². The van der Waals surface area contributed by atoms with Gasteiger partial charge >= 0.3 is 0 Å². The Hall–Kier alpha value is -4.23. The van der Waals surface area contributed by atoms with Crippen LogP contribution in [0.15, 0.2) is 59.4 Å². The highest BCUT2D eigenvalue weighted by Gasteiger charge is 2.16. The lowest BCUT2D eigenvalue weighted by Crippen LogP contribution is -2.29. The van der Waals surface area contributed by atoms with Crippen molar-refractivity contribution in [2.45, 2.75) is 25.8 Å². The van der Waals surface area contributed by atoms with Crippen LogP contribution in [-0.2, 0) is 17.8 Å². The van der Waals surface area contributed by atoms with Crippen LogP contribution in [0.1, 0.15) is 24.1 Å². The molecule has 9 nitrogen and oxygen atoms in total. The molecule has 34 heavy (non-hydrogen) atoms. The summed E-state index contributed by atoms with van der Waals surface area (Å²) in [5.41, 5.74) is 8.29. The smallest absolute Gasteiger partial charge is 0.262 e. The summed E-state index contributed by atoms with van der Waals surface area (Å²) >= 11 is 5.28. The number of anilines is 1. The molecule has 0 saturated carbocycles. The van der Waals surface area contributed by atoms with Crippen molar-refractivity contribution >= 4 is 34.8 Å². The number of aromatic nitrogens is 4. The lowest BCUT2D eigenvalue weighted by Gasteiger charge is -2.08. The predicted molar refractivity (Wildman–Crippen MR) is 132 cm³/mol. The van der Waals surface area contributed by atoms with Gasteiger partial charge in [-0.15, -0.1) is 0 Å². The summed E-state index contributed by atoms with van der Waals surface area (Å²) in [5.74, 6) is 0.106. The van der Waals surface area contributed by atoms with Gasteiger partial charge in [0.2, 0.25) is 5.91 Å². The highest BCUT2D eigenvalue weighted by atomic mass is 32.1. The standard InChI is InChI=1S/C24H23N7O2S/c25-15-18-20(29-31(22(18)26)16-7-2-1-3-8-16)11-6-13-27-21(32)12-14-30-23(33)17-9-4-5-10-19(17)28-24(30)34/h1-5,7-10H,6,11-14,26H2,(H,27,32)(H,28,34). The molecule has 4 N–H and O–H groups in total. The molecule has 172 valence electrons. The molecular formula is C24H23N7O2S. The van der Waals surface area contributed by atoms with Crippen LogP contribution in [0.5, 0.6) is 0 Å². The van der Waals surface area contributed by atoms with E-state index in [1.54, 1.807) is 22.9 Å². The molecule has 0 aliphatic heterocycles. The number of amides is 1. The van der Waals surface area contributed by atoms with Gasteiger partial charge in [0.1, 0.15) is 17.5 Å². The number of aromatic amines is 1. The van der Waals surface area contributed by atoms with Gasteiger partial charge in [-0.05, 0) is 49.3 Å². The van der Waals surface area contributed by atoms with Crippen LogP contribution in [-0.4, -0.2) is 31.8 Å². The Morgan fingerprint density at radius 2 is 1.91 bits per heavy atom. The minimum atomic E-state index is -0.220. The first kappa shape index (κ1) is 22.9. The Bertz CT molecular complexity index is 1500. The van der Waals surface area contributed by atoms with Gasteiger partial charge in [0.25, 0.3) is 5.56 Å². The summed E-state index contributed by atoms with van der Waals surface area (Å²) in [5, 5.41) is 17.4. The van der Waals surface area contributed by atoms with Crippen molar-refractivity contribution in [1.82, 2.24) is 24.6 Å². The molecule has 0 bridgehead atoms. The average molecular weight is 474 g/mol. The van der Waals surface area contributed by atoms with Crippen LogP contribution in [0.2, 0.25) is 0 Å². The van der Waals surface area contributed by atoms with Gasteiger partial charge in [0.05, 0.1) is 22.3 Å². The minimum absolute atomic E-state index is 0.120. The number of hydrogen-bond acceptors (Lipinski definition) is 6. The number of nitrogens with zero attached hydrogens (tertiary/aromatic N) is 4. The van der Waals surface area contributed by atoms with Gasteiger partial charge in [-0.3, -0.25) is 14.2 Å². The maximum Gasteiger partial charge on any atom is 0.262 e. The number of carbonyl (C=O) groups excluding carboxylic acids is 1. The van der Waals surface area contributed by atoms with Crippen molar-refractivity contribution < 1.29 is 4.79 Å². The molecule has 10 heteroatoms. The number of nitrogens with two attached hydrogens (primary N) is 1. The first-order valence-corrected chi connectivity index (χ1v) is 11.2. The molecule has 1 amide bonds. The molecule has 0 fully saturated rings. The predicted octanol–water partition coefficient (Wildman–Crippen LogP) is 2.84. The summed E-state index contributed by atoms with van der Waals surface area (Å²) in [6.45, 7) is 0.586. The van der Waals surface area contributed by atoms with Crippen LogP contribution < -0.4 is 16.6 Å². The fraction of sp³-hybridized carbons (Fsp3) is 0.208. The molecule has 0 radical (unpaired) electrons. The number of carbonyl (C=O) groups is 1. The summed E-state index contributed by atoms with van der Waals surface area (Å²) in [4.78, 5) is 28.0. The molecule has 2 aromatic carbocycles. The molecule has 0 aliphatic carbocycles. The van der Waals surface area contributed by atoms with E-state index in [-0.39, 0.29) is 29.2 Å². The third-order valence-electron chi connectivity index (χ3n) is 5.47. The van der Waals surface area contributed by atoms with Crippen LogP contribution >= 0.6 is 12.2 Å². The van der Waals surface area contributed by atoms with E-state index in [0.717, 1.165) is 5.69 Å². The van der Waals surface area contributed by atoms with E-state index in [1.165, 1.54) is 4.57 Å². The van der Waals surface area contributed by atoms with E-state index in [4.69, 9.17) is 18.0 Å². The quantitative estimate of drug-likeness (QED) is 0.266. The highest BCUT2D eigenvalue weighted by Crippen LogP contribution is 2.21. The summed E-state index contributed by atoms with van der Waals surface area (Å²) < 4.78 is 3.24.